The summed E-state index contributed by atoms with van der Waals surface area (Å²) in [6, 6.07) is 1.75. The van der Waals surface area contributed by atoms with Crippen LogP contribution in [0, 0.1) is 0 Å². The van der Waals surface area contributed by atoms with Crippen LogP contribution >= 0.6 is 0 Å². The Kier molecular flexibility index (Phi) is 2.54. The normalized spacial score (nSPS) is 13.4. The SMILES string of the molecule is C=Cc1cc(C(=O)OC)nc2c1CCC2. The summed E-state index contributed by atoms with van der Waals surface area (Å²) in [5.41, 5.74) is 3.65. The number of carbonyl (C=O) groups is 1. The zero-order valence-corrected chi connectivity index (χ0v) is 8.75. The molecule has 3 nitrogen and oxygen atoms in total. The average Bonchev–Trinajstić information content (AvgIpc) is 2.74. The van der Waals surface area contributed by atoms with Gasteiger partial charge in [-0.15, -0.1) is 0 Å². The quantitative estimate of drug-likeness (QED) is 0.690. The molecule has 0 bridgehead atoms. The number of carbonyl (C=O) groups excluding carboxylic acids is 1. The van der Waals surface area contributed by atoms with Crippen molar-refractivity contribution < 1.29 is 9.53 Å². The third kappa shape index (κ3) is 1.65. The van der Waals surface area contributed by atoms with Gasteiger partial charge in [0.1, 0.15) is 5.69 Å². The van der Waals surface area contributed by atoms with E-state index in [0.29, 0.717) is 5.69 Å². The lowest BCUT2D eigenvalue weighted by atomic mass is 10.1. The van der Waals surface area contributed by atoms with Crippen molar-refractivity contribution >= 4 is 12.0 Å². The summed E-state index contributed by atoms with van der Waals surface area (Å²) >= 11 is 0. The zero-order chi connectivity index (χ0) is 10.8. The number of nitrogens with zero attached hydrogens (tertiary/aromatic N) is 1. The first kappa shape index (κ1) is 9.90. The highest BCUT2D eigenvalue weighted by atomic mass is 16.5. The molecule has 1 aromatic heterocycles. The monoisotopic (exact) mass is 203 g/mol. The second-order valence-electron chi connectivity index (χ2n) is 3.57. The molecule has 0 atom stereocenters. The van der Waals surface area contributed by atoms with Crippen LogP contribution in [-0.4, -0.2) is 18.1 Å². The van der Waals surface area contributed by atoms with Gasteiger partial charge in [-0.05, 0) is 36.5 Å². The van der Waals surface area contributed by atoms with E-state index in [1.165, 1.54) is 12.7 Å². The van der Waals surface area contributed by atoms with Crippen molar-refractivity contribution in [3.63, 3.8) is 0 Å². The number of pyridine rings is 1. The van der Waals surface area contributed by atoms with Gasteiger partial charge >= 0.3 is 5.97 Å². The minimum absolute atomic E-state index is 0.382. The molecule has 78 valence electrons. The maximum absolute atomic E-state index is 11.4. The van der Waals surface area contributed by atoms with Crippen molar-refractivity contribution in [3.8, 4) is 0 Å². The fourth-order valence-electron chi connectivity index (χ4n) is 1.97. The maximum Gasteiger partial charge on any atom is 0.356 e. The van der Waals surface area contributed by atoms with Gasteiger partial charge in [0.25, 0.3) is 0 Å². The summed E-state index contributed by atoms with van der Waals surface area (Å²) in [5, 5.41) is 0. The Hall–Kier alpha value is -1.64. The molecule has 0 saturated heterocycles. The molecule has 15 heavy (non-hydrogen) atoms. The molecule has 1 aliphatic rings. The Bertz CT molecular complexity index is 424. The van der Waals surface area contributed by atoms with Gasteiger partial charge in [0.2, 0.25) is 0 Å². The topological polar surface area (TPSA) is 39.2 Å². The van der Waals surface area contributed by atoms with Gasteiger partial charge in [0.15, 0.2) is 0 Å². The zero-order valence-electron chi connectivity index (χ0n) is 8.75. The van der Waals surface area contributed by atoms with Gasteiger partial charge < -0.3 is 4.74 Å². The molecule has 0 fully saturated rings. The molecule has 3 heteroatoms. The molecule has 0 N–H and O–H groups in total. The third-order valence-electron chi connectivity index (χ3n) is 2.70. The van der Waals surface area contributed by atoms with Crippen LogP contribution in [0.5, 0.6) is 0 Å². The maximum atomic E-state index is 11.4. The minimum atomic E-state index is -0.382. The Morgan fingerprint density at radius 1 is 1.60 bits per heavy atom. The van der Waals surface area contributed by atoms with Gasteiger partial charge in [0, 0.05) is 5.69 Å². The molecule has 0 unspecified atom stereocenters. The summed E-state index contributed by atoms with van der Waals surface area (Å²) < 4.78 is 4.66. The van der Waals surface area contributed by atoms with E-state index in [9.17, 15) is 4.79 Å². The third-order valence-corrected chi connectivity index (χ3v) is 2.70. The molecule has 1 heterocycles. The molecule has 2 rings (SSSR count). The smallest absolute Gasteiger partial charge is 0.356 e. The van der Waals surface area contributed by atoms with Gasteiger partial charge in [-0.25, -0.2) is 9.78 Å². The fraction of sp³-hybridized carbons (Fsp3) is 0.333. The molecule has 0 amide bonds. The molecular weight excluding hydrogens is 190 g/mol. The summed E-state index contributed by atoms with van der Waals surface area (Å²) in [7, 11) is 1.37. The van der Waals surface area contributed by atoms with E-state index in [0.717, 1.165) is 30.5 Å². The van der Waals surface area contributed by atoms with Gasteiger partial charge in [0.05, 0.1) is 7.11 Å². The van der Waals surface area contributed by atoms with Crippen LogP contribution in [0.15, 0.2) is 12.6 Å². The van der Waals surface area contributed by atoms with Crippen LogP contribution < -0.4 is 0 Å². The highest BCUT2D eigenvalue weighted by Crippen LogP contribution is 2.25. The molecule has 1 aromatic rings. The fourth-order valence-corrected chi connectivity index (χ4v) is 1.97. The molecule has 0 aliphatic heterocycles. The van der Waals surface area contributed by atoms with E-state index in [2.05, 4.69) is 16.3 Å². The predicted molar refractivity (Wildman–Crippen MR) is 57.7 cm³/mol. The van der Waals surface area contributed by atoms with E-state index in [-0.39, 0.29) is 5.97 Å². The second kappa shape index (κ2) is 3.85. The summed E-state index contributed by atoms with van der Waals surface area (Å²) in [5.74, 6) is -0.382. The highest BCUT2D eigenvalue weighted by molar-refractivity contribution is 5.88. The lowest BCUT2D eigenvalue weighted by molar-refractivity contribution is 0.0593. The minimum Gasteiger partial charge on any atom is -0.464 e. The summed E-state index contributed by atoms with van der Waals surface area (Å²) in [6.07, 6.45) is 4.86. The van der Waals surface area contributed by atoms with Crippen molar-refractivity contribution in [1.82, 2.24) is 4.98 Å². The number of esters is 1. The number of hydrogen-bond donors (Lipinski definition) is 0. The van der Waals surface area contributed by atoms with Gasteiger partial charge in [-0.1, -0.05) is 12.7 Å². The van der Waals surface area contributed by atoms with Crippen molar-refractivity contribution in [3.05, 3.63) is 35.2 Å². The molecule has 0 spiro atoms. The van der Waals surface area contributed by atoms with E-state index in [1.807, 2.05) is 0 Å². The number of ether oxygens (including phenoxy) is 1. The van der Waals surface area contributed by atoms with E-state index in [4.69, 9.17) is 0 Å². The average molecular weight is 203 g/mol. The Balaban J connectivity index is 2.52. The largest absolute Gasteiger partial charge is 0.464 e. The van der Waals surface area contributed by atoms with Crippen LogP contribution in [0.4, 0.5) is 0 Å². The Morgan fingerprint density at radius 3 is 3.07 bits per heavy atom. The highest BCUT2D eigenvalue weighted by Gasteiger charge is 2.19. The first-order chi connectivity index (χ1) is 7.26. The number of rotatable bonds is 2. The Morgan fingerprint density at radius 2 is 2.40 bits per heavy atom. The van der Waals surface area contributed by atoms with E-state index >= 15 is 0 Å². The van der Waals surface area contributed by atoms with Crippen LogP contribution in [0.1, 0.15) is 33.7 Å². The number of hydrogen-bond acceptors (Lipinski definition) is 3. The lowest BCUT2D eigenvalue weighted by Gasteiger charge is -2.06. The number of fused-ring (bicyclic) bond motifs is 1. The van der Waals surface area contributed by atoms with Crippen molar-refractivity contribution in [2.24, 2.45) is 0 Å². The summed E-state index contributed by atoms with van der Waals surface area (Å²) in [4.78, 5) is 15.7. The van der Waals surface area contributed by atoms with Crippen molar-refractivity contribution in [2.45, 2.75) is 19.3 Å². The number of aromatic nitrogens is 1. The van der Waals surface area contributed by atoms with Crippen LogP contribution in [0.2, 0.25) is 0 Å². The number of aryl methyl sites for hydroxylation is 1. The van der Waals surface area contributed by atoms with E-state index in [1.54, 1.807) is 12.1 Å². The van der Waals surface area contributed by atoms with Crippen molar-refractivity contribution in [1.29, 1.82) is 0 Å². The Labute approximate surface area is 88.8 Å². The second-order valence-corrected chi connectivity index (χ2v) is 3.57. The molecular formula is C12H13NO2. The molecule has 0 aromatic carbocycles. The van der Waals surface area contributed by atoms with Crippen molar-refractivity contribution in [2.75, 3.05) is 7.11 Å². The van der Waals surface area contributed by atoms with Crippen LogP contribution in [-0.2, 0) is 17.6 Å². The van der Waals surface area contributed by atoms with Gasteiger partial charge in [-0.3, -0.25) is 0 Å². The number of methoxy groups -OCH3 is 1. The molecule has 0 radical (unpaired) electrons. The molecule has 0 saturated carbocycles. The van der Waals surface area contributed by atoms with Crippen LogP contribution in [0.3, 0.4) is 0 Å². The lowest BCUT2D eigenvalue weighted by Crippen LogP contribution is -2.07. The van der Waals surface area contributed by atoms with Crippen LogP contribution in [0.25, 0.3) is 6.08 Å². The van der Waals surface area contributed by atoms with Gasteiger partial charge in [-0.2, -0.15) is 0 Å². The molecule has 1 aliphatic carbocycles. The predicted octanol–water partition coefficient (Wildman–Crippen LogP) is 2.00. The first-order valence-electron chi connectivity index (χ1n) is 5.00. The van der Waals surface area contributed by atoms with E-state index < -0.39 is 0 Å². The standard InChI is InChI=1S/C12H13NO2/c1-3-8-7-11(12(14)15-2)13-10-6-4-5-9(8)10/h3,7H,1,4-6H2,2H3. The first-order valence-corrected chi connectivity index (χ1v) is 5.00. The summed E-state index contributed by atoms with van der Waals surface area (Å²) in [6.45, 7) is 3.75.